The Balaban J connectivity index is 2.32. The molecule has 2 rings (SSSR count). The number of nitrogen functional groups attached to an aromatic ring is 1. The molecule has 100 valence electrons. The van der Waals surface area contributed by atoms with Crippen LogP contribution in [0.25, 0.3) is 0 Å². The largest absolute Gasteiger partial charge is 0.487 e. The van der Waals surface area contributed by atoms with Crippen LogP contribution >= 0.6 is 23.1 Å². The summed E-state index contributed by atoms with van der Waals surface area (Å²) in [6.45, 7) is 6.03. The maximum absolute atomic E-state index is 12.1. The van der Waals surface area contributed by atoms with Gasteiger partial charge in [0.25, 0.3) is 0 Å². The Morgan fingerprint density at radius 2 is 2.22 bits per heavy atom. The van der Waals surface area contributed by atoms with Gasteiger partial charge in [0.05, 0.1) is 16.7 Å². The van der Waals surface area contributed by atoms with Gasteiger partial charge in [0, 0.05) is 5.92 Å². The molecule has 3 nitrogen and oxygen atoms in total. The molecular formula is C13H19NO2S2. The van der Waals surface area contributed by atoms with Crippen LogP contribution in [0.3, 0.4) is 0 Å². The fraction of sp³-hybridized carbons (Fsp3) is 0.615. The van der Waals surface area contributed by atoms with Crippen molar-refractivity contribution in [2.75, 3.05) is 11.5 Å². The zero-order valence-electron chi connectivity index (χ0n) is 11.0. The normalized spacial score (nSPS) is 15.1. The van der Waals surface area contributed by atoms with E-state index in [2.05, 4.69) is 6.92 Å². The first-order chi connectivity index (χ1) is 8.54. The lowest BCUT2D eigenvalue weighted by molar-refractivity contribution is 0.0972. The summed E-state index contributed by atoms with van der Waals surface area (Å²) in [7, 11) is 0. The zero-order chi connectivity index (χ0) is 13.3. The van der Waals surface area contributed by atoms with Crippen molar-refractivity contribution in [3.05, 3.63) is 4.88 Å². The van der Waals surface area contributed by atoms with E-state index < -0.39 is 0 Å². The Bertz CT molecular complexity index is 450. The van der Waals surface area contributed by atoms with Gasteiger partial charge >= 0.3 is 0 Å². The number of ether oxygens (including phenoxy) is 1. The first-order valence-corrected chi connectivity index (χ1v) is 8.10. The number of anilines is 1. The molecule has 1 aromatic heterocycles. The van der Waals surface area contributed by atoms with E-state index in [-0.39, 0.29) is 17.8 Å². The van der Waals surface area contributed by atoms with Gasteiger partial charge in [0.1, 0.15) is 4.21 Å². The van der Waals surface area contributed by atoms with Crippen LogP contribution in [0.1, 0.15) is 43.3 Å². The molecule has 1 aliphatic carbocycles. The number of hydrogen-bond acceptors (Lipinski definition) is 5. The molecule has 0 unspecified atom stereocenters. The van der Waals surface area contributed by atoms with E-state index >= 15 is 0 Å². The van der Waals surface area contributed by atoms with Gasteiger partial charge in [0.2, 0.25) is 0 Å². The summed E-state index contributed by atoms with van der Waals surface area (Å²) in [5, 5.41) is 0. The average molecular weight is 285 g/mol. The van der Waals surface area contributed by atoms with Crippen LogP contribution < -0.4 is 10.5 Å². The van der Waals surface area contributed by atoms with Crippen LogP contribution in [0.4, 0.5) is 5.69 Å². The van der Waals surface area contributed by atoms with Crippen molar-refractivity contribution in [3.8, 4) is 5.75 Å². The van der Waals surface area contributed by atoms with Gasteiger partial charge < -0.3 is 10.5 Å². The molecule has 0 atom stereocenters. The predicted octanol–water partition coefficient (Wildman–Crippen LogP) is 3.82. The van der Waals surface area contributed by atoms with Gasteiger partial charge in [0.15, 0.2) is 11.5 Å². The van der Waals surface area contributed by atoms with Crippen LogP contribution in [0, 0.1) is 5.92 Å². The zero-order valence-corrected chi connectivity index (χ0v) is 12.6. The lowest BCUT2D eigenvalue weighted by Crippen LogP contribution is -2.08. The highest BCUT2D eigenvalue weighted by Crippen LogP contribution is 2.47. The fourth-order valence-electron chi connectivity index (χ4n) is 1.69. The van der Waals surface area contributed by atoms with Crippen LogP contribution in [0.2, 0.25) is 0 Å². The summed E-state index contributed by atoms with van der Waals surface area (Å²) in [5.74, 6) is 2.07. The molecule has 0 amide bonds. The van der Waals surface area contributed by atoms with Gasteiger partial charge in [-0.05, 0) is 32.4 Å². The number of rotatable bonds is 6. The van der Waals surface area contributed by atoms with Crippen LogP contribution in [-0.4, -0.2) is 17.6 Å². The number of thiophene rings is 1. The van der Waals surface area contributed by atoms with Crippen molar-refractivity contribution in [2.45, 2.75) is 43.9 Å². The van der Waals surface area contributed by atoms with Crippen molar-refractivity contribution >= 4 is 34.6 Å². The van der Waals surface area contributed by atoms with Crippen molar-refractivity contribution in [2.24, 2.45) is 5.92 Å². The number of thioether (sulfide) groups is 1. The third-order valence-corrected chi connectivity index (χ3v) is 5.01. The minimum absolute atomic E-state index is 0.0713. The Kier molecular flexibility index (Phi) is 4.22. The minimum Gasteiger partial charge on any atom is -0.487 e. The van der Waals surface area contributed by atoms with Crippen LogP contribution in [0.15, 0.2) is 4.21 Å². The van der Waals surface area contributed by atoms with E-state index in [1.165, 1.54) is 11.3 Å². The third-order valence-electron chi connectivity index (χ3n) is 2.67. The summed E-state index contributed by atoms with van der Waals surface area (Å²) in [6, 6.07) is 0. The second-order valence-corrected chi connectivity index (χ2v) is 7.25. The molecule has 2 N–H and O–H groups in total. The van der Waals surface area contributed by atoms with Gasteiger partial charge in [-0.15, -0.1) is 23.1 Å². The second kappa shape index (κ2) is 5.53. The number of carbonyl (C=O) groups excluding carboxylic acids is 1. The molecular weight excluding hydrogens is 266 g/mol. The number of hydrogen-bond donors (Lipinski definition) is 1. The molecule has 18 heavy (non-hydrogen) atoms. The Hall–Kier alpha value is -0.680. The maximum Gasteiger partial charge on any atom is 0.178 e. The van der Waals surface area contributed by atoms with Gasteiger partial charge in [-0.1, -0.05) is 6.92 Å². The Labute approximate surface area is 116 Å². The standard InChI is InChI=1S/C13H19NO2S2/c1-4-17-13-11(16-7(2)3)9(14)12(18-13)10(15)8-5-6-8/h7-8H,4-6,14H2,1-3H3. The molecule has 0 saturated heterocycles. The molecule has 5 heteroatoms. The van der Waals surface area contributed by atoms with E-state index in [1.807, 2.05) is 13.8 Å². The minimum atomic E-state index is 0.0713. The topological polar surface area (TPSA) is 52.3 Å². The third kappa shape index (κ3) is 2.83. The number of nitrogens with two attached hydrogens (primary N) is 1. The first kappa shape index (κ1) is 13.7. The number of Topliss-reactive ketones (excluding diaryl/α,β-unsaturated/α-hetero) is 1. The first-order valence-electron chi connectivity index (χ1n) is 6.30. The molecule has 1 aromatic rings. The fourth-order valence-corrected chi connectivity index (χ4v) is 3.99. The average Bonchev–Trinajstić information content (AvgIpc) is 3.10. The molecule has 0 aliphatic heterocycles. The van der Waals surface area contributed by atoms with Crippen molar-refractivity contribution in [3.63, 3.8) is 0 Å². The lowest BCUT2D eigenvalue weighted by atomic mass is 10.2. The van der Waals surface area contributed by atoms with E-state index in [9.17, 15) is 4.79 Å². The van der Waals surface area contributed by atoms with Gasteiger partial charge in [-0.25, -0.2) is 0 Å². The molecule has 1 fully saturated rings. The Morgan fingerprint density at radius 1 is 1.56 bits per heavy atom. The molecule has 1 heterocycles. The summed E-state index contributed by atoms with van der Waals surface area (Å²) in [5.41, 5.74) is 6.64. The highest BCUT2D eigenvalue weighted by atomic mass is 32.2. The Morgan fingerprint density at radius 3 is 2.72 bits per heavy atom. The molecule has 0 radical (unpaired) electrons. The summed E-state index contributed by atoms with van der Waals surface area (Å²) < 4.78 is 6.81. The molecule has 0 bridgehead atoms. The van der Waals surface area contributed by atoms with Gasteiger partial charge in [-0.3, -0.25) is 4.79 Å². The van der Waals surface area contributed by atoms with Crippen molar-refractivity contribution in [1.82, 2.24) is 0 Å². The van der Waals surface area contributed by atoms with Crippen LogP contribution in [-0.2, 0) is 0 Å². The number of carbonyl (C=O) groups is 1. The van der Waals surface area contributed by atoms with E-state index in [4.69, 9.17) is 10.5 Å². The SMILES string of the molecule is CCSc1sc(C(=O)C2CC2)c(N)c1OC(C)C. The molecule has 1 saturated carbocycles. The molecule has 0 aromatic carbocycles. The van der Waals surface area contributed by atoms with E-state index in [0.29, 0.717) is 16.3 Å². The summed E-state index contributed by atoms with van der Waals surface area (Å²) >= 11 is 3.18. The quantitative estimate of drug-likeness (QED) is 0.637. The predicted molar refractivity (Wildman–Crippen MR) is 77.9 cm³/mol. The van der Waals surface area contributed by atoms with E-state index in [0.717, 1.165) is 22.8 Å². The molecule has 1 aliphatic rings. The van der Waals surface area contributed by atoms with Crippen molar-refractivity contribution in [1.29, 1.82) is 0 Å². The highest BCUT2D eigenvalue weighted by molar-refractivity contribution is 8.01. The van der Waals surface area contributed by atoms with Gasteiger partial charge in [-0.2, -0.15) is 0 Å². The summed E-state index contributed by atoms with van der Waals surface area (Å²) in [6.07, 6.45) is 2.08. The van der Waals surface area contributed by atoms with E-state index in [1.54, 1.807) is 11.8 Å². The molecule has 0 spiro atoms. The number of ketones is 1. The maximum atomic E-state index is 12.1. The van der Waals surface area contributed by atoms with Crippen molar-refractivity contribution < 1.29 is 9.53 Å². The summed E-state index contributed by atoms with van der Waals surface area (Å²) in [4.78, 5) is 12.8. The smallest absolute Gasteiger partial charge is 0.178 e. The second-order valence-electron chi connectivity index (χ2n) is 4.70. The monoisotopic (exact) mass is 285 g/mol. The van der Waals surface area contributed by atoms with Crippen LogP contribution in [0.5, 0.6) is 5.75 Å². The highest BCUT2D eigenvalue weighted by Gasteiger charge is 2.34. The lowest BCUT2D eigenvalue weighted by Gasteiger charge is -2.11.